The van der Waals surface area contributed by atoms with Crippen LogP contribution in [-0.2, 0) is 0 Å². The fraction of sp³-hybridized carbons (Fsp3) is 0.0435. The Morgan fingerprint density at radius 2 is 1.69 bits per heavy atom. The SMILES string of the molecule is COc1ccc(Br)cc1/C=N/Nc1nc(-c2ccc(-c3ccccc3)cc2)cs1. The summed E-state index contributed by atoms with van der Waals surface area (Å²) >= 11 is 4.98. The monoisotopic (exact) mass is 463 g/mol. The summed E-state index contributed by atoms with van der Waals surface area (Å²) in [5, 5.41) is 7.05. The standard InChI is InChI=1S/C23H18BrN3OS/c1-28-22-12-11-20(24)13-19(22)14-25-27-23-26-21(15-29-23)18-9-7-17(8-10-18)16-5-3-2-4-6-16/h2-15H,1H3,(H,26,27)/b25-14+. The zero-order valence-corrected chi connectivity index (χ0v) is 18.1. The van der Waals surface area contributed by atoms with Crippen LogP contribution >= 0.6 is 27.3 Å². The van der Waals surface area contributed by atoms with Gasteiger partial charge >= 0.3 is 0 Å². The Kier molecular flexibility index (Phi) is 6.03. The van der Waals surface area contributed by atoms with Crippen molar-refractivity contribution in [3.05, 3.63) is 88.2 Å². The van der Waals surface area contributed by atoms with Gasteiger partial charge in [0, 0.05) is 21.0 Å². The third kappa shape index (κ3) is 4.72. The summed E-state index contributed by atoms with van der Waals surface area (Å²) in [6.45, 7) is 0. The Bertz CT molecular complexity index is 1120. The predicted octanol–water partition coefficient (Wildman–Crippen LogP) is 6.69. The van der Waals surface area contributed by atoms with Crippen molar-refractivity contribution < 1.29 is 4.74 Å². The topological polar surface area (TPSA) is 46.5 Å². The Labute approximate surface area is 182 Å². The average molecular weight is 464 g/mol. The first-order valence-electron chi connectivity index (χ1n) is 8.97. The number of nitrogens with zero attached hydrogens (tertiary/aromatic N) is 2. The molecule has 0 saturated carbocycles. The van der Waals surface area contributed by atoms with Crippen LogP contribution < -0.4 is 10.2 Å². The number of nitrogens with one attached hydrogen (secondary N) is 1. The molecule has 144 valence electrons. The molecule has 1 heterocycles. The van der Waals surface area contributed by atoms with E-state index >= 15 is 0 Å². The molecule has 4 aromatic rings. The molecule has 0 saturated heterocycles. The minimum Gasteiger partial charge on any atom is -0.496 e. The molecule has 0 unspecified atom stereocenters. The van der Waals surface area contributed by atoms with Crippen LogP contribution in [-0.4, -0.2) is 18.3 Å². The number of aromatic nitrogens is 1. The number of halogens is 1. The molecule has 0 radical (unpaired) electrons. The molecule has 1 aromatic heterocycles. The molecule has 3 aromatic carbocycles. The number of rotatable bonds is 6. The van der Waals surface area contributed by atoms with Crippen molar-refractivity contribution in [2.75, 3.05) is 12.5 Å². The number of benzene rings is 3. The number of hydrogen-bond donors (Lipinski definition) is 1. The maximum atomic E-state index is 5.35. The van der Waals surface area contributed by atoms with Crippen LogP contribution in [0, 0.1) is 0 Å². The quantitative estimate of drug-likeness (QED) is 0.255. The van der Waals surface area contributed by atoms with Crippen molar-refractivity contribution in [2.45, 2.75) is 0 Å². The minimum atomic E-state index is 0.734. The predicted molar refractivity (Wildman–Crippen MR) is 125 cm³/mol. The maximum Gasteiger partial charge on any atom is 0.203 e. The van der Waals surface area contributed by atoms with E-state index < -0.39 is 0 Å². The van der Waals surface area contributed by atoms with E-state index in [-0.39, 0.29) is 0 Å². The second-order valence-electron chi connectivity index (χ2n) is 6.24. The highest BCUT2D eigenvalue weighted by Gasteiger charge is 2.05. The van der Waals surface area contributed by atoms with E-state index in [1.54, 1.807) is 13.3 Å². The van der Waals surface area contributed by atoms with Crippen LogP contribution in [0.1, 0.15) is 5.56 Å². The van der Waals surface area contributed by atoms with Crippen LogP contribution in [0.3, 0.4) is 0 Å². The van der Waals surface area contributed by atoms with E-state index in [0.717, 1.165) is 32.2 Å². The molecule has 0 atom stereocenters. The number of thiazole rings is 1. The van der Waals surface area contributed by atoms with Crippen molar-refractivity contribution in [2.24, 2.45) is 5.10 Å². The molecular weight excluding hydrogens is 446 g/mol. The highest BCUT2D eigenvalue weighted by molar-refractivity contribution is 9.10. The van der Waals surface area contributed by atoms with Crippen LogP contribution in [0.15, 0.2) is 87.8 Å². The van der Waals surface area contributed by atoms with Crippen molar-refractivity contribution >= 4 is 38.6 Å². The molecule has 0 aliphatic heterocycles. The summed E-state index contributed by atoms with van der Waals surface area (Å²) < 4.78 is 6.32. The summed E-state index contributed by atoms with van der Waals surface area (Å²) in [4.78, 5) is 4.63. The number of anilines is 1. The first kappa shape index (κ1) is 19.4. The van der Waals surface area contributed by atoms with Crippen LogP contribution in [0.4, 0.5) is 5.13 Å². The first-order chi connectivity index (χ1) is 14.2. The summed E-state index contributed by atoms with van der Waals surface area (Å²) in [5.74, 6) is 0.761. The van der Waals surface area contributed by atoms with Gasteiger partial charge in [-0.25, -0.2) is 4.98 Å². The van der Waals surface area contributed by atoms with Crippen LogP contribution in [0.25, 0.3) is 22.4 Å². The molecule has 6 heteroatoms. The van der Waals surface area contributed by atoms with Crippen molar-refractivity contribution in [1.29, 1.82) is 0 Å². The normalized spacial score (nSPS) is 11.0. The molecule has 0 aliphatic rings. The highest BCUT2D eigenvalue weighted by atomic mass is 79.9. The van der Waals surface area contributed by atoms with Gasteiger partial charge in [0.05, 0.1) is 19.0 Å². The third-order valence-corrected chi connectivity index (χ3v) is 5.59. The van der Waals surface area contributed by atoms with Gasteiger partial charge in [-0.3, -0.25) is 5.43 Å². The van der Waals surface area contributed by atoms with Crippen LogP contribution in [0.2, 0.25) is 0 Å². The molecular formula is C23H18BrN3OS. The Hall–Kier alpha value is -2.96. The lowest BCUT2D eigenvalue weighted by Crippen LogP contribution is -1.94. The summed E-state index contributed by atoms with van der Waals surface area (Å²) in [7, 11) is 1.64. The number of ether oxygens (including phenoxy) is 1. The zero-order chi connectivity index (χ0) is 20.1. The van der Waals surface area contributed by atoms with E-state index in [1.165, 1.54) is 22.5 Å². The fourth-order valence-corrected chi connectivity index (χ4v) is 3.93. The second kappa shape index (κ2) is 9.03. The Morgan fingerprint density at radius 3 is 2.45 bits per heavy atom. The van der Waals surface area contributed by atoms with Gasteiger partial charge in [0.2, 0.25) is 5.13 Å². The molecule has 0 amide bonds. The molecule has 4 nitrogen and oxygen atoms in total. The third-order valence-electron chi connectivity index (χ3n) is 4.35. The molecule has 0 aliphatic carbocycles. The molecule has 0 fully saturated rings. The lowest BCUT2D eigenvalue weighted by atomic mass is 10.0. The second-order valence-corrected chi connectivity index (χ2v) is 8.01. The first-order valence-corrected chi connectivity index (χ1v) is 10.6. The van der Waals surface area contributed by atoms with E-state index in [9.17, 15) is 0 Å². The van der Waals surface area contributed by atoms with Gasteiger partial charge in [0.25, 0.3) is 0 Å². The Balaban J connectivity index is 1.45. The van der Waals surface area contributed by atoms with Gasteiger partial charge < -0.3 is 4.74 Å². The van der Waals surface area contributed by atoms with Gasteiger partial charge in [-0.05, 0) is 29.3 Å². The van der Waals surface area contributed by atoms with Gasteiger partial charge in [-0.1, -0.05) is 70.5 Å². The van der Waals surface area contributed by atoms with Gasteiger partial charge in [-0.15, -0.1) is 11.3 Å². The summed E-state index contributed by atoms with van der Waals surface area (Å²) in [5.41, 5.74) is 8.27. The maximum absolute atomic E-state index is 5.35. The van der Waals surface area contributed by atoms with Crippen molar-refractivity contribution in [3.63, 3.8) is 0 Å². The summed E-state index contributed by atoms with van der Waals surface area (Å²) in [6, 6.07) is 24.5. The molecule has 29 heavy (non-hydrogen) atoms. The lowest BCUT2D eigenvalue weighted by molar-refractivity contribution is 0.414. The summed E-state index contributed by atoms with van der Waals surface area (Å²) in [6.07, 6.45) is 1.72. The minimum absolute atomic E-state index is 0.734. The van der Waals surface area contributed by atoms with Gasteiger partial charge in [0.15, 0.2) is 0 Å². The molecule has 4 rings (SSSR count). The van der Waals surface area contributed by atoms with E-state index in [2.05, 4.69) is 67.8 Å². The van der Waals surface area contributed by atoms with Gasteiger partial charge in [-0.2, -0.15) is 5.10 Å². The Morgan fingerprint density at radius 1 is 0.966 bits per heavy atom. The zero-order valence-electron chi connectivity index (χ0n) is 15.7. The number of hydrogen-bond acceptors (Lipinski definition) is 5. The molecule has 0 bridgehead atoms. The fourth-order valence-electron chi connectivity index (χ4n) is 2.88. The molecule has 0 spiro atoms. The smallest absolute Gasteiger partial charge is 0.203 e. The lowest BCUT2D eigenvalue weighted by Gasteiger charge is -2.04. The van der Waals surface area contributed by atoms with Crippen molar-refractivity contribution in [3.8, 4) is 28.1 Å². The largest absolute Gasteiger partial charge is 0.496 e. The molecule has 1 N–H and O–H groups in total. The highest BCUT2D eigenvalue weighted by Crippen LogP contribution is 2.28. The van der Waals surface area contributed by atoms with Crippen LogP contribution in [0.5, 0.6) is 5.75 Å². The van der Waals surface area contributed by atoms with E-state index in [0.29, 0.717) is 0 Å². The number of hydrazone groups is 1. The van der Waals surface area contributed by atoms with Crippen molar-refractivity contribution in [1.82, 2.24) is 4.98 Å². The van der Waals surface area contributed by atoms with E-state index in [4.69, 9.17) is 4.74 Å². The number of methoxy groups -OCH3 is 1. The van der Waals surface area contributed by atoms with Gasteiger partial charge in [0.1, 0.15) is 5.75 Å². The van der Waals surface area contributed by atoms with E-state index in [1.807, 2.05) is 41.8 Å². The average Bonchev–Trinajstić information content (AvgIpc) is 3.24.